The third kappa shape index (κ3) is 6.11. The van der Waals surface area contributed by atoms with E-state index in [-0.39, 0.29) is 12.2 Å². The van der Waals surface area contributed by atoms with Crippen LogP contribution in [-0.2, 0) is 20.9 Å². The van der Waals surface area contributed by atoms with Gasteiger partial charge in [-0.25, -0.2) is 0 Å². The molecule has 0 aliphatic carbocycles. The van der Waals surface area contributed by atoms with Gasteiger partial charge in [-0.05, 0) is 39.5 Å². The van der Waals surface area contributed by atoms with Gasteiger partial charge in [-0.15, -0.1) is 0 Å². The molecule has 0 aliphatic rings. The topological polar surface area (TPSA) is 30.5 Å². The Bertz CT molecular complexity index is 449. The van der Waals surface area contributed by atoms with E-state index in [4.69, 9.17) is 33.1 Å². The molecule has 0 fully saturated rings. The number of benzene rings is 1. The van der Waals surface area contributed by atoms with Crippen molar-refractivity contribution in [1.82, 2.24) is 5.09 Å². The van der Waals surface area contributed by atoms with Gasteiger partial charge in [0.2, 0.25) is 0 Å². The summed E-state index contributed by atoms with van der Waals surface area (Å²) in [5.41, 5.74) is 0.909. The summed E-state index contributed by atoms with van der Waals surface area (Å²) >= 11 is 10.9. The summed E-state index contributed by atoms with van der Waals surface area (Å²) in [4.78, 5) is 0.560. The summed E-state index contributed by atoms with van der Waals surface area (Å²) in [6, 6.07) is 9.66. The average molecular weight is 317 g/mol. The van der Waals surface area contributed by atoms with Gasteiger partial charge >= 0.3 is 0 Å². The summed E-state index contributed by atoms with van der Waals surface area (Å²) in [6.45, 7) is 5.10. The summed E-state index contributed by atoms with van der Waals surface area (Å²) < 4.78 is 11.5. The molecule has 1 aromatic carbocycles. The summed E-state index contributed by atoms with van der Waals surface area (Å²) in [6.07, 6.45) is -0.0358. The number of nitrogens with one attached hydrogen (secondary N) is 1. The highest BCUT2D eigenvalue weighted by Gasteiger charge is 2.24. The maximum absolute atomic E-state index is 5.75. The van der Waals surface area contributed by atoms with Gasteiger partial charge in [-0.3, -0.25) is 0 Å². The first-order chi connectivity index (χ1) is 8.82. The van der Waals surface area contributed by atoms with Crippen LogP contribution in [0.5, 0.6) is 0 Å². The van der Waals surface area contributed by atoms with Crippen LogP contribution in [0, 0.1) is 0 Å². The highest BCUT2D eigenvalue weighted by molar-refractivity contribution is 8.09. The Morgan fingerprint density at radius 2 is 1.53 bits per heavy atom. The second kappa shape index (κ2) is 7.46. The average Bonchev–Trinajstić information content (AvgIpc) is 2.27. The van der Waals surface area contributed by atoms with E-state index in [2.05, 4.69) is 5.09 Å². The van der Waals surface area contributed by atoms with Crippen molar-refractivity contribution < 1.29 is 9.05 Å². The Morgan fingerprint density at radius 1 is 1.05 bits per heavy atom. The summed E-state index contributed by atoms with van der Waals surface area (Å²) in [5.74, 6) is 0. The monoisotopic (exact) mass is 317 g/mol. The van der Waals surface area contributed by atoms with Crippen molar-refractivity contribution in [3.8, 4) is 0 Å². The fraction of sp³-hybridized carbons (Fsp3) is 0.462. The minimum absolute atomic E-state index is 0.0179. The van der Waals surface area contributed by atoms with E-state index in [1.165, 1.54) is 0 Å². The molecule has 0 unspecified atom stereocenters. The van der Waals surface area contributed by atoms with Crippen LogP contribution in [0.1, 0.15) is 33.3 Å². The van der Waals surface area contributed by atoms with Crippen LogP contribution in [0.2, 0.25) is 0 Å². The second-order valence-electron chi connectivity index (χ2n) is 4.61. The van der Waals surface area contributed by atoms with E-state index < -0.39 is 6.64 Å². The van der Waals surface area contributed by atoms with E-state index >= 15 is 0 Å². The van der Waals surface area contributed by atoms with E-state index in [0.29, 0.717) is 4.99 Å². The van der Waals surface area contributed by atoms with Crippen molar-refractivity contribution in [3.05, 3.63) is 35.9 Å². The van der Waals surface area contributed by atoms with Crippen LogP contribution in [-0.4, -0.2) is 17.2 Å². The van der Waals surface area contributed by atoms with Crippen LogP contribution in [0.3, 0.4) is 0 Å². The van der Waals surface area contributed by atoms with Crippen molar-refractivity contribution in [2.45, 2.75) is 39.9 Å². The molecule has 0 aliphatic heterocycles. The molecule has 6 heteroatoms. The highest BCUT2D eigenvalue weighted by atomic mass is 32.5. The number of hydrogen-bond donors (Lipinski definition) is 1. The first-order valence-corrected chi connectivity index (χ1v) is 9.21. The Labute approximate surface area is 125 Å². The SMILES string of the molecule is CC(C)OP(=S)(NC(=S)c1ccccc1)OC(C)C. The van der Waals surface area contributed by atoms with E-state index in [1.54, 1.807) is 0 Å². The molecule has 0 atom stereocenters. The lowest BCUT2D eigenvalue weighted by Crippen LogP contribution is -2.24. The molecule has 0 bridgehead atoms. The molecular formula is C13H20NO2PS2. The zero-order chi connectivity index (χ0) is 14.5. The van der Waals surface area contributed by atoms with Gasteiger partial charge in [0.1, 0.15) is 4.99 Å². The lowest BCUT2D eigenvalue weighted by atomic mass is 10.2. The van der Waals surface area contributed by atoms with Gasteiger partial charge in [-0.2, -0.15) is 0 Å². The van der Waals surface area contributed by atoms with Crippen molar-refractivity contribution in [3.63, 3.8) is 0 Å². The van der Waals surface area contributed by atoms with Crippen molar-refractivity contribution in [2.75, 3.05) is 0 Å². The van der Waals surface area contributed by atoms with Gasteiger partial charge < -0.3 is 14.1 Å². The first-order valence-electron chi connectivity index (χ1n) is 6.17. The van der Waals surface area contributed by atoms with E-state index in [0.717, 1.165) is 5.56 Å². The minimum atomic E-state index is -2.61. The van der Waals surface area contributed by atoms with E-state index in [9.17, 15) is 0 Å². The largest absolute Gasteiger partial charge is 0.311 e. The first kappa shape index (κ1) is 16.7. The quantitative estimate of drug-likeness (QED) is 0.632. The molecular weight excluding hydrogens is 297 g/mol. The van der Waals surface area contributed by atoms with Crippen LogP contribution in [0.25, 0.3) is 0 Å². The molecule has 19 heavy (non-hydrogen) atoms. The van der Waals surface area contributed by atoms with Gasteiger partial charge in [0.25, 0.3) is 6.64 Å². The smallest absolute Gasteiger partial charge is 0.288 e. The Balaban J connectivity index is 2.83. The van der Waals surface area contributed by atoms with Gasteiger partial charge in [0.15, 0.2) is 0 Å². The fourth-order valence-electron chi connectivity index (χ4n) is 1.41. The molecule has 1 rings (SSSR count). The Hall–Kier alpha value is -0.320. The summed E-state index contributed by atoms with van der Waals surface area (Å²) in [7, 11) is 0. The summed E-state index contributed by atoms with van der Waals surface area (Å²) in [5, 5.41) is 3.09. The fourth-order valence-corrected chi connectivity index (χ4v) is 5.03. The van der Waals surface area contributed by atoms with Gasteiger partial charge in [0.05, 0.1) is 12.2 Å². The molecule has 1 aromatic rings. The lowest BCUT2D eigenvalue weighted by Gasteiger charge is -2.27. The van der Waals surface area contributed by atoms with Crippen molar-refractivity contribution >= 4 is 35.7 Å². The molecule has 0 spiro atoms. The van der Waals surface area contributed by atoms with Crippen molar-refractivity contribution in [2.24, 2.45) is 0 Å². The Morgan fingerprint density at radius 3 is 1.95 bits per heavy atom. The third-order valence-corrected chi connectivity index (χ3v) is 5.15. The number of thiocarbonyl (C=S) groups is 1. The van der Waals surface area contributed by atoms with Crippen LogP contribution < -0.4 is 5.09 Å². The second-order valence-corrected chi connectivity index (χ2v) is 8.10. The molecule has 0 heterocycles. The molecule has 0 saturated carbocycles. The highest BCUT2D eigenvalue weighted by Crippen LogP contribution is 2.47. The molecule has 106 valence electrons. The van der Waals surface area contributed by atoms with Gasteiger partial charge in [-0.1, -0.05) is 42.5 Å². The lowest BCUT2D eigenvalue weighted by molar-refractivity contribution is 0.172. The minimum Gasteiger partial charge on any atom is -0.311 e. The molecule has 0 saturated heterocycles. The van der Waals surface area contributed by atoms with Crippen LogP contribution >= 0.6 is 18.9 Å². The zero-order valence-electron chi connectivity index (χ0n) is 11.6. The zero-order valence-corrected chi connectivity index (χ0v) is 14.1. The molecule has 0 radical (unpaired) electrons. The Kier molecular flexibility index (Phi) is 6.57. The van der Waals surface area contributed by atoms with Crippen LogP contribution in [0.4, 0.5) is 0 Å². The van der Waals surface area contributed by atoms with Gasteiger partial charge in [0, 0.05) is 5.56 Å². The predicted molar refractivity (Wildman–Crippen MR) is 88.0 cm³/mol. The van der Waals surface area contributed by atoms with Crippen molar-refractivity contribution in [1.29, 1.82) is 0 Å². The maximum atomic E-state index is 5.75. The maximum Gasteiger partial charge on any atom is 0.288 e. The standard InChI is InChI=1S/C13H20NO2PS2/c1-10(2)15-17(19,16-11(3)4)14-13(18)12-8-6-5-7-9-12/h5-11H,1-4H3,(H,14,18,19). The normalized spacial score (nSPS) is 11.9. The molecule has 1 N–H and O–H groups in total. The van der Waals surface area contributed by atoms with E-state index in [1.807, 2.05) is 58.0 Å². The molecule has 0 amide bonds. The number of hydrogen-bond acceptors (Lipinski definition) is 4. The van der Waals surface area contributed by atoms with Crippen LogP contribution in [0.15, 0.2) is 30.3 Å². The predicted octanol–water partition coefficient (Wildman–Crippen LogP) is 4.03. The number of rotatable bonds is 6. The molecule has 0 aromatic heterocycles. The third-order valence-electron chi connectivity index (χ3n) is 1.97. The molecule has 3 nitrogen and oxygen atoms in total.